The Balaban J connectivity index is 1.58. The van der Waals surface area contributed by atoms with Gasteiger partial charge in [-0.1, -0.05) is 53.5 Å². The molecular weight excluding hydrogens is 359 g/mol. The Morgan fingerprint density at radius 3 is 2.16 bits per heavy atom. The Morgan fingerprint density at radius 2 is 1.52 bits per heavy atom. The predicted molar refractivity (Wildman–Crippen MR) is 99.1 cm³/mol. The van der Waals surface area contributed by atoms with E-state index in [9.17, 15) is 9.59 Å². The van der Waals surface area contributed by atoms with Crippen LogP contribution in [0.4, 0.5) is 0 Å². The topological polar surface area (TPSA) is 40.6 Å². The lowest BCUT2D eigenvalue weighted by molar-refractivity contribution is -0.131. The number of halogens is 2. The smallest absolute Gasteiger partial charge is 0.255 e. The van der Waals surface area contributed by atoms with Gasteiger partial charge >= 0.3 is 0 Å². The first kappa shape index (κ1) is 17.8. The first-order valence-electron chi connectivity index (χ1n) is 8.10. The highest BCUT2D eigenvalue weighted by Gasteiger charge is 2.25. The maximum absolute atomic E-state index is 12.6. The lowest BCUT2D eigenvalue weighted by Gasteiger charge is -2.35. The van der Waals surface area contributed by atoms with Gasteiger partial charge in [0.25, 0.3) is 5.91 Å². The van der Waals surface area contributed by atoms with Crippen LogP contribution in [0.5, 0.6) is 0 Å². The molecule has 3 rings (SSSR count). The number of benzene rings is 2. The molecule has 0 spiro atoms. The standard InChI is InChI=1S/C19H18Cl2N2O2/c20-15-6-7-16(17(21)13-15)19(25)23-10-8-22(9-11-23)18(24)12-14-4-2-1-3-5-14/h1-7,13H,8-12H2. The van der Waals surface area contributed by atoms with Crippen LogP contribution in [0.25, 0.3) is 0 Å². The zero-order valence-electron chi connectivity index (χ0n) is 13.6. The van der Waals surface area contributed by atoms with Crippen molar-refractivity contribution in [3.05, 3.63) is 69.7 Å². The van der Waals surface area contributed by atoms with Crippen LogP contribution in [-0.4, -0.2) is 47.8 Å². The second-order valence-electron chi connectivity index (χ2n) is 5.96. The Morgan fingerprint density at radius 1 is 0.880 bits per heavy atom. The fourth-order valence-electron chi connectivity index (χ4n) is 2.87. The first-order valence-corrected chi connectivity index (χ1v) is 8.86. The van der Waals surface area contributed by atoms with Gasteiger partial charge in [0.2, 0.25) is 5.91 Å². The van der Waals surface area contributed by atoms with Gasteiger partial charge in [-0.05, 0) is 23.8 Å². The van der Waals surface area contributed by atoms with E-state index in [-0.39, 0.29) is 11.8 Å². The van der Waals surface area contributed by atoms with E-state index in [1.807, 2.05) is 30.3 Å². The molecule has 130 valence electrons. The van der Waals surface area contributed by atoms with Gasteiger partial charge in [-0.15, -0.1) is 0 Å². The van der Waals surface area contributed by atoms with E-state index in [4.69, 9.17) is 23.2 Å². The largest absolute Gasteiger partial charge is 0.339 e. The van der Waals surface area contributed by atoms with Crippen molar-refractivity contribution < 1.29 is 9.59 Å². The van der Waals surface area contributed by atoms with Gasteiger partial charge in [-0.2, -0.15) is 0 Å². The molecule has 0 aromatic heterocycles. The molecule has 1 aliphatic rings. The molecule has 2 amide bonds. The number of piperazine rings is 1. The summed E-state index contributed by atoms with van der Waals surface area (Å²) in [6.45, 7) is 2.06. The molecule has 1 heterocycles. The van der Waals surface area contributed by atoms with Crippen LogP contribution in [0, 0.1) is 0 Å². The third kappa shape index (κ3) is 4.33. The van der Waals surface area contributed by atoms with E-state index in [0.29, 0.717) is 48.2 Å². The summed E-state index contributed by atoms with van der Waals surface area (Å²) in [7, 11) is 0. The Kier molecular flexibility index (Phi) is 5.61. The summed E-state index contributed by atoms with van der Waals surface area (Å²) in [4.78, 5) is 28.5. The van der Waals surface area contributed by atoms with Gasteiger partial charge < -0.3 is 9.80 Å². The van der Waals surface area contributed by atoms with Gasteiger partial charge in [0, 0.05) is 31.2 Å². The average Bonchev–Trinajstić information content (AvgIpc) is 2.62. The second-order valence-corrected chi connectivity index (χ2v) is 6.80. The normalized spacial score (nSPS) is 14.5. The number of carbonyl (C=O) groups is 2. The van der Waals surface area contributed by atoms with Crippen molar-refractivity contribution in [2.75, 3.05) is 26.2 Å². The van der Waals surface area contributed by atoms with Crippen LogP contribution >= 0.6 is 23.2 Å². The summed E-state index contributed by atoms with van der Waals surface area (Å²) in [5, 5.41) is 0.845. The number of carbonyl (C=O) groups excluding carboxylic acids is 2. The summed E-state index contributed by atoms with van der Waals surface area (Å²) >= 11 is 12.0. The van der Waals surface area contributed by atoms with Crippen molar-refractivity contribution in [3.63, 3.8) is 0 Å². The molecule has 0 N–H and O–H groups in total. The van der Waals surface area contributed by atoms with E-state index in [0.717, 1.165) is 5.56 Å². The minimum atomic E-state index is -0.128. The van der Waals surface area contributed by atoms with Gasteiger partial charge in [0.05, 0.1) is 17.0 Å². The highest BCUT2D eigenvalue weighted by atomic mass is 35.5. The molecule has 0 radical (unpaired) electrons. The predicted octanol–water partition coefficient (Wildman–Crippen LogP) is 3.52. The minimum Gasteiger partial charge on any atom is -0.339 e. The van der Waals surface area contributed by atoms with Crippen LogP contribution in [0.1, 0.15) is 15.9 Å². The summed E-state index contributed by atoms with van der Waals surface area (Å²) in [5.74, 6) is -0.0420. The van der Waals surface area contributed by atoms with Crippen LogP contribution in [0.3, 0.4) is 0 Å². The lowest BCUT2D eigenvalue weighted by atomic mass is 10.1. The number of hydrogen-bond donors (Lipinski definition) is 0. The van der Waals surface area contributed by atoms with E-state index in [2.05, 4.69) is 0 Å². The fraction of sp³-hybridized carbons (Fsp3) is 0.263. The van der Waals surface area contributed by atoms with Gasteiger partial charge in [-0.3, -0.25) is 9.59 Å². The monoisotopic (exact) mass is 376 g/mol. The molecule has 0 atom stereocenters. The highest BCUT2D eigenvalue weighted by Crippen LogP contribution is 2.23. The van der Waals surface area contributed by atoms with Crippen molar-refractivity contribution >= 4 is 35.0 Å². The van der Waals surface area contributed by atoms with Gasteiger partial charge in [-0.25, -0.2) is 0 Å². The summed E-state index contributed by atoms with van der Waals surface area (Å²) in [5.41, 5.74) is 1.44. The molecule has 0 unspecified atom stereocenters. The van der Waals surface area contributed by atoms with Crippen molar-refractivity contribution in [3.8, 4) is 0 Å². The van der Waals surface area contributed by atoms with Gasteiger partial charge in [0.1, 0.15) is 0 Å². The van der Waals surface area contributed by atoms with Crippen molar-refractivity contribution in [1.82, 2.24) is 9.80 Å². The van der Waals surface area contributed by atoms with Crippen LogP contribution < -0.4 is 0 Å². The summed E-state index contributed by atoms with van der Waals surface area (Å²) in [6.07, 6.45) is 0.387. The summed E-state index contributed by atoms with van der Waals surface area (Å²) < 4.78 is 0. The fourth-order valence-corrected chi connectivity index (χ4v) is 3.36. The second kappa shape index (κ2) is 7.89. The van der Waals surface area contributed by atoms with Crippen LogP contribution in [-0.2, 0) is 11.2 Å². The first-order chi connectivity index (χ1) is 12.0. The van der Waals surface area contributed by atoms with Crippen LogP contribution in [0.15, 0.2) is 48.5 Å². The number of amides is 2. The van der Waals surface area contributed by atoms with E-state index in [1.165, 1.54) is 0 Å². The van der Waals surface area contributed by atoms with E-state index >= 15 is 0 Å². The molecule has 1 saturated heterocycles. The Hall–Kier alpha value is -2.04. The average molecular weight is 377 g/mol. The van der Waals surface area contributed by atoms with Crippen molar-refractivity contribution in [2.24, 2.45) is 0 Å². The SMILES string of the molecule is O=C(Cc1ccccc1)N1CCN(C(=O)c2ccc(Cl)cc2Cl)CC1. The number of nitrogens with zero attached hydrogens (tertiary/aromatic N) is 2. The molecular formula is C19H18Cl2N2O2. The number of hydrogen-bond acceptors (Lipinski definition) is 2. The molecule has 2 aromatic carbocycles. The van der Waals surface area contributed by atoms with E-state index < -0.39 is 0 Å². The molecule has 0 aliphatic carbocycles. The maximum atomic E-state index is 12.6. The number of rotatable bonds is 3. The third-order valence-electron chi connectivity index (χ3n) is 4.28. The molecule has 0 saturated carbocycles. The maximum Gasteiger partial charge on any atom is 0.255 e. The zero-order chi connectivity index (χ0) is 17.8. The van der Waals surface area contributed by atoms with Gasteiger partial charge in [0.15, 0.2) is 0 Å². The minimum absolute atomic E-state index is 0.0859. The summed E-state index contributed by atoms with van der Waals surface area (Å²) in [6, 6.07) is 14.5. The molecule has 1 fully saturated rings. The van der Waals surface area contributed by atoms with Crippen LogP contribution in [0.2, 0.25) is 10.0 Å². The Bertz CT molecular complexity index is 772. The van der Waals surface area contributed by atoms with Crippen molar-refractivity contribution in [1.29, 1.82) is 0 Å². The lowest BCUT2D eigenvalue weighted by Crippen LogP contribution is -2.51. The Labute approximate surface area is 156 Å². The molecule has 2 aromatic rings. The highest BCUT2D eigenvalue weighted by molar-refractivity contribution is 6.36. The zero-order valence-corrected chi connectivity index (χ0v) is 15.1. The molecule has 1 aliphatic heterocycles. The van der Waals surface area contributed by atoms with Crippen molar-refractivity contribution in [2.45, 2.75) is 6.42 Å². The quantitative estimate of drug-likeness (QED) is 0.821. The molecule has 0 bridgehead atoms. The molecule has 4 nitrogen and oxygen atoms in total. The molecule has 6 heteroatoms. The molecule has 25 heavy (non-hydrogen) atoms. The van der Waals surface area contributed by atoms with E-state index in [1.54, 1.807) is 28.0 Å². The third-order valence-corrected chi connectivity index (χ3v) is 4.83.